The average molecular weight is 245 g/mol. The van der Waals surface area contributed by atoms with Crippen LogP contribution in [0.4, 0.5) is 0 Å². The minimum atomic E-state index is -3.52. The van der Waals surface area contributed by atoms with Crippen LogP contribution in [-0.4, -0.2) is 40.4 Å². The van der Waals surface area contributed by atoms with E-state index in [1.54, 1.807) is 0 Å². The molecule has 0 bridgehead atoms. The summed E-state index contributed by atoms with van der Waals surface area (Å²) in [6.07, 6.45) is 0.747. The molecule has 2 aliphatic heterocycles. The molecule has 2 saturated heterocycles. The van der Waals surface area contributed by atoms with Gasteiger partial charge in [0.1, 0.15) is 10.1 Å². The Bertz CT molecular complexity index is 516. The zero-order valence-corrected chi connectivity index (χ0v) is 9.61. The van der Waals surface area contributed by atoms with E-state index in [2.05, 4.69) is 0 Å². The zero-order chi connectivity index (χ0) is 12.3. The molecule has 0 aliphatic carbocycles. The summed E-state index contributed by atoms with van der Waals surface area (Å²) in [5.41, 5.74) is 0.0567. The van der Waals surface area contributed by atoms with Crippen LogP contribution in [0.15, 0.2) is 11.8 Å². The van der Waals surface area contributed by atoms with Gasteiger partial charge in [0.15, 0.2) is 9.84 Å². The Balaban J connectivity index is 2.61. The second kappa shape index (κ2) is 2.85. The van der Waals surface area contributed by atoms with Crippen LogP contribution in [0.3, 0.4) is 0 Å². The summed E-state index contributed by atoms with van der Waals surface area (Å²) in [6.45, 7) is 2.84. The molecular weight excluding hydrogens is 234 g/mol. The highest BCUT2D eigenvalue weighted by Gasteiger charge is 2.63. The van der Waals surface area contributed by atoms with Crippen molar-refractivity contribution >= 4 is 21.7 Å². The van der Waals surface area contributed by atoms with Crippen LogP contribution < -0.4 is 0 Å². The van der Waals surface area contributed by atoms with Crippen LogP contribution >= 0.6 is 0 Å². The largest absolute Gasteiger partial charge is 0.478 e. The van der Waals surface area contributed by atoms with Gasteiger partial charge in [0.05, 0.1) is 12.1 Å². The van der Waals surface area contributed by atoms with E-state index in [-0.39, 0.29) is 18.0 Å². The molecule has 16 heavy (non-hydrogen) atoms. The quantitative estimate of drug-likeness (QED) is 0.506. The summed E-state index contributed by atoms with van der Waals surface area (Å²) in [7, 11) is -3.52. The van der Waals surface area contributed by atoms with Crippen molar-refractivity contribution in [2.45, 2.75) is 30.4 Å². The van der Waals surface area contributed by atoms with E-state index in [9.17, 15) is 18.0 Å². The Morgan fingerprint density at radius 1 is 1.56 bits per heavy atom. The van der Waals surface area contributed by atoms with E-state index < -0.39 is 25.9 Å². The number of aliphatic carboxylic acids is 1. The van der Waals surface area contributed by atoms with Crippen molar-refractivity contribution in [3.05, 3.63) is 11.8 Å². The van der Waals surface area contributed by atoms with E-state index in [0.717, 1.165) is 11.0 Å². The number of fused-ring (bicyclic) bond motifs is 1. The second-order valence-electron chi connectivity index (χ2n) is 4.35. The van der Waals surface area contributed by atoms with Crippen LogP contribution in [0.1, 0.15) is 20.3 Å². The number of hydrogen-bond donors (Lipinski definition) is 1. The molecule has 0 aromatic carbocycles. The number of carbonyl (C=O) groups is 2. The highest BCUT2D eigenvalue weighted by atomic mass is 32.2. The smallest absolute Gasteiger partial charge is 0.330 e. The molecule has 0 unspecified atom stereocenters. The molecular formula is C9H11NO5S. The first kappa shape index (κ1) is 11.1. The third-order valence-electron chi connectivity index (χ3n) is 3.11. The number of nitrogens with zero attached hydrogens (tertiary/aromatic N) is 1. The van der Waals surface area contributed by atoms with Crippen LogP contribution in [0.25, 0.3) is 0 Å². The molecule has 2 fully saturated rings. The van der Waals surface area contributed by atoms with Gasteiger partial charge in [-0.2, -0.15) is 0 Å². The number of amides is 1. The van der Waals surface area contributed by atoms with Crippen molar-refractivity contribution in [2.24, 2.45) is 0 Å². The first-order valence-electron chi connectivity index (χ1n) is 4.70. The lowest BCUT2D eigenvalue weighted by Crippen LogP contribution is -2.49. The predicted octanol–water partition coefficient (Wildman–Crippen LogP) is -0.280. The molecule has 1 amide bonds. The standard InChI is InChI=1S/C9H11NO5S/c1-9(2)5(3-8(12)13)10-6(11)4-7(10)16(9,14)15/h3,7H,4H2,1-2H3,(H,12,13)/b5-3-/t7-/m1/s1. The van der Waals surface area contributed by atoms with Gasteiger partial charge in [0.2, 0.25) is 5.91 Å². The third kappa shape index (κ3) is 1.09. The minimum absolute atomic E-state index is 0.0529. The Labute approximate surface area is 92.5 Å². The summed E-state index contributed by atoms with van der Waals surface area (Å²) in [5.74, 6) is -1.59. The summed E-state index contributed by atoms with van der Waals surface area (Å²) in [6, 6.07) is 0. The van der Waals surface area contributed by atoms with Crippen LogP contribution in [-0.2, 0) is 19.4 Å². The summed E-state index contributed by atoms with van der Waals surface area (Å²) in [5, 5.41) is 7.81. The minimum Gasteiger partial charge on any atom is -0.478 e. The highest BCUT2D eigenvalue weighted by Crippen LogP contribution is 2.47. The van der Waals surface area contributed by atoms with Crippen molar-refractivity contribution in [2.75, 3.05) is 0 Å². The van der Waals surface area contributed by atoms with Gasteiger partial charge in [-0.1, -0.05) is 0 Å². The molecule has 0 aromatic rings. The first-order chi connectivity index (χ1) is 7.19. The van der Waals surface area contributed by atoms with E-state index in [4.69, 9.17) is 5.11 Å². The van der Waals surface area contributed by atoms with Crippen LogP contribution in [0.5, 0.6) is 0 Å². The first-order valence-corrected chi connectivity index (χ1v) is 6.25. The molecule has 2 heterocycles. The predicted molar refractivity (Wildman–Crippen MR) is 54.0 cm³/mol. The number of β-lactam (4-membered cyclic amide) rings is 1. The molecule has 7 heteroatoms. The van der Waals surface area contributed by atoms with E-state index in [1.807, 2.05) is 0 Å². The van der Waals surface area contributed by atoms with Crippen molar-refractivity contribution in [1.82, 2.24) is 4.90 Å². The van der Waals surface area contributed by atoms with Gasteiger partial charge in [-0.3, -0.25) is 9.69 Å². The molecule has 0 spiro atoms. The molecule has 1 atom stereocenters. The number of carboxylic acids is 1. The topological polar surface area (TPSA) is 91.8 Å². The van der Waals surface area contributed by atoms with Crippen LogP contribution in [0.2, 0.25) is 0 Å². The number of hydrogen-bond acceptors (Lipinski definition) is 4. The molecule has 88 valence electrons. The summed E-state index contributed by atoms with van der Waals surface area (Å²) < 4.78 is 22.7. The van der Waals surface area contributed by atoms with Crippen molar-refractivity contribution < 1.29 is 23.1 Å². The van der Waals surface area contributed by atoms with Gasteiger partial charge in [-0.05, 0) is 13.8 Å². The average Bonchev–Trinajstić information content (AvgIpc) is 2.21. The van der Waals surface area contributed by atoms with Gasteiger partial charge in [0.25, 0.3) is 0 Å². The van der Waals surface area contributed by atoms with Gasteiger partial charge in [0, 0.05) is 6.08 Å². The van der Waals surface area contributed by atoms with E-state index in [1.165, 1.54) is 13.8 Å². The summed E-state index contributed by atoms with van der Waals surface area (Å²) in [4.78, 5) is 23.0. The monoisotopic (exact) mass is 245 g/mol. The molecule has 0 radical (unpaired) electrons. The Morgan fingerprint density at radius 3 is 2.56 bits per heavy atom. The fourth-order valence-corrected chi connectivity index (χ4v) is 4.06. The van der Waals surface area contributed by atoms with E-state index in [0.29, 0.717) is 0 Å². The Hall–Kier alpha value is -1.37. The zero-order valence-electron chi connectivity index (χ0n) is 8.80. The lowest BCUT2D eigenvalue weighted by Gasteiger charge is -2.32. The lowest BCUT2D eigenvalue weighted by molar-refractivity contribution is -0.138. The maximum Gasteiger partial charge on any atom is 0.330 e. The normalized spacial score (nSPS) is 32.4. The maximum atomic E-state index is 12.0. The SMILES string of the molecule is CC1(C)/C(=C/C(=O)O)N2C(=O)C[C@H]2S1(=O)=O. The highest BCUT2D eigenvalue weighted by molar-refractivity contribution is 7.94. The van der Waals surface area contributed by atoms with Gasteiger partial charge in [-0.15, -0.1) is 0 Å². The molecule has 1 N–H and O–H groups in total. The molecule has 0 saturated carbocycles. The molecule has 2 aliphatic rings. The number of carbonyl (C=O) groups excluding carboxylic acids is 1. The maximum absolute atomic E-state index is 12.0. The number of rotatable bonds is 1. The van der Waals surface area contributed by atoms with Gasteiger partial charge < -0.3 is 5.11 Å². The second-order valence-corrected chi connectivity index (χ2v) is 7.00. The third-order valence-corrected chi connectivity index (χ3v) is 5.84. The Morgan fingerprint density at radius 2 is 2.12 bits per heavy atom. The van der Waals surface area contributed by atoms with Crippen LogP contribution in [0, 0.1) is 0 Å². The number of carboxylic acid groups (broad SMARTS) is 1. The van der Waals surface area contributed by atoms with Crippen molar-refractivity contribution in [3.63, 3.8) is 0 Å². The number of sulfone groups is 1. The fraction of sp³-hybridized carbons (Fsp3) is 0.556. The Kier molecular flexibility index (Phi) is 1.98. The van der Waals surface area contributed by atoms with E-state index >= 15 is 0 Å². The van der Waals surface area contributed by atoms with Gasteiger partial charge >= 0.3 is 5.97 Å². The summed E-state index contributed by atoms with van der Waals surface area (Å²) >= 11 is 0. The lowest BCUT2D eigenvalue weighted by atomic mass is 10.0. The molecule has 0 aromatic heterocycles. The van der Waals surface area contributed by atoms with Crippen molar-refractivity contribution in [1.29, 1.82) is 0 Å². The molecule has 2 rings (SSSR count). The molecule has 6 nitrogen and oxygen atoms in total. The fourth-order valence-electron chi connectivity index (χ4n) is 2.06. The van der Waals surface area contributed by atoms with Crippen molar-refractivity contribution in [3.8, 4) is 0 Å². The van der Waals surface area contributed by atoms with Gasteiger partial charge in [-0.25, -0.2) is 13.2 Å².